The molecule has 5 nitrogen and oxygen atoms in total. The maximum absolute atomic E-state index is 12.4. The van der Waals surface area contributed by atoms with Crippen molar-refractivity contribution in [1.82, 2.24) is 4.57 Å². The summed E-state index contributed by atoms with van der Waals surface area (Å²) in [5.74, 6) is 0. The van der Waals surface area contributed by atoms with E-state index in [0.717, 1.165) is 69.4 Å². The molecule has 374 valence electrons. The first kappa shape index (κ1) is 49.6. The van der Waals surface area contributed by atoms with Gasteiger partial charge in [-0.05, 0) is 161 Å². The van der Waals surface area contributed by atoms with Crippen LogP contribution in [0.5, 0.6) is 0 Å². The van der Waals surface area contributed by atoms with Crippen molar-refractivity contribution in [3.8, 4) is 22.3 Å². The van der Waals surface area contributed by atoms with Gasteiger partial charge in [-0.15, -0.1) is 22.7 Å². The van der Waals surface area contributed by atoms with Gasteiger partial charge in [0.25, 0.3) is 0 Å². The van der Waals surface area contributed by atoms with Crippen molar-refractivity contribution in [2.45, 2.75) is 91.5 Å². The van der Waals surface area contributed by atoms with E-state index in [0.29, 0.717) is 11.1 Å². The van der Waals surface area contributed by atoms with Crippen LogP contribution in [0.1, 0.15) is 103 Å². The highest BCUT2D eigenvalue weighted by atomic mass is 32.1. The lowest BCUT2D eigenvalue weighted by Gasteiger charge is -2.25. The maximum Gasteiger partial charge on any atom is 0.152 e. The molecule has 0 amide bonds. The summed E-state index contributed by atoms with van der Waals surface area (Å²) in [5, 5.41) is 7.03. The molecule has 3 heterocycles. The molecule has 8 aromatic carbocycles. The van der Waals surface area contributed by atoms with Gasteiger partial charge in [0.1, 0.15) is 10.0 Å². The molecule has 0 aliphatic carbocycles. The summed E-state index contributed by atoms with van der Waals surface area (Å²) in [4.78, 5) is 29.2. The molecule has 11 aromatic rings. The lowest BCUT2D eigenvalue weighted by atomic mass is 10.0. The number of rotatable bonds is 21. The number of para-hydroxylation sites is 2. The predicted octanol–water partition coefficient (Wildman–Crippen LogP) is 20.7. The smallest absolute Gasteiger partial charge is 0.152 e. The first-order valence-electron chi connectivity index (χ1n) is 26.8. The van der Waals surface area contributed by atoms with Crippen LogP contribution < -0.4 is 9.80 Å². The summed E-state index contributed by atoms with van der Waals surface area (Å²) in [7, 11) is 0. The second kappa shape index (κ2) is 22.5. The Balaban J connectivity index is 0.946. The second-order valence-corrected chi connectivity index (χ2v) is 22.3. The minimum absolute atomic E-state index is 0.656. The van der Waals surface area contributed by atoms with Gasteiger partial charge in [0.15, 0.2) is 12.6 Å². The van der Waals surface area contributed by atoms with E-state index in [4.69, 9.17) is 0 Å². The number of aldehydes is 2. The van der Waals surface area contributed by atoms with E-state index in [9.17, 15) is 9.59 Å². The zero-order valence-electron chi connectivity index (χ0n) is 43.2. The molecule has 0 unspecified atom stereocenters. The van der Waals surface area contributed by atoms with Crippen LogP contribution in [-0.2, 0) is 6.54 Å². The van der Waals surface area contributed by atoms with Crippen molar-refractivity contribution in [2.24, 2.45) is 0 Å². The van der Waals surface area contributed by atoms with Crippen molar-refractivity contribution >= 4 is 110 Å². The molecule has 0 N–H and O–H groups in total. The summed E-state index contributed by atoms with van der Waals surface area (Å²) in [5.41, 5.74) is 14.7. The topological polar surface area (TPSA) is 45.6 Å². The number of carbonyl (C=O) groups excluding carboxylic acids is 2. The quantitative estimate of drug-likeness (QED) is 0.0531. The van der Waals surface area contributed by atoms with E-state index in [1.807, 2.05) is 48.5 Å². The number of nitrogens with zero attached hydrogens (tertiary/aromatic N) is 3. The average molecular weight is 1020 g/mol. The predicted molar refractivity (Wildman–Crippen MR) is 323 cm³/mol. The average Bonchev–Trinajstić information content (AvgIpc) is 4.15. The molecule has 0 saturated heterocycles. The molecule has 0 bridgehead atoms. The van der Waals surface area contributed by atoms with E-state index >= 15 is 0 Å². The van der Waals surface area contributed by atoms with Gasteiger partial charge < -0.3 is 14.4 Å². The van der Waals surface area contributed by atoms with Crippen molar-refractivity contribution in [3.63, 3.8) is 0 Å². The number of fused-ring (bicyclic) bond motifs is 5. The van der Waals surface area contributed by atoms with Crippen LogP contribution in [-0.4, -0.2) is 17.1 Å². The van der Waals surface area contributed by atoms with Crippen LogP contribution in [0.25, 0.3) is 64.2 Å². The SMILES string of the molecule is CCCCCCCCCCCCn1c2cc(-c3ccc4sc(N(c5cccc(C)c5)c5ccccc5C=O)cc4c3)ccc2c2ccc(-c3ccc4sc(N(c5cccc(C)c5)c5ccccc5C=O)cc4c3)cc21. The molecule has 0 atom stereocenters. The van der Waals surface area contributed by atoms with E-state index in [1.54, 1.807) is 22.7 Å². The monoisotopic (exact) mass is 1020 g/mol. The fourth-order valence-corrected chi connectivity index (χ4v) is 13.1. The molecule has 7 heteroatoms. The normalized spacial score (nSPS) is 11.6. The number of hydrogen-bond donors (Lipinski definition) is 0. The summed E-state index contributed by atoms with van der Waals surface area (Å²) in [6.45, 7) is 7.46. The Morgan fingerprint density at radius 2 is 0.853 bits per heavy atom. The van der Waals surface area contributed by atoms with Crippen LogP contribution in [0, 0.1) is 13.8 Å². The number of aryl methyl sites for hydroxylation is 3. The molecule has 3 aromatic heterocycles. The van der Waals surface area contributed by atoms with Gasteiger partial charge in [-0.3, -0.25) is 9.59 Å². The molecule has 11 rings (SSSR count). The number of benzene rings is 8. The molecular formula is C68H63N3O2S2. The number of thiophene rings is 2. The fraction of sp³-hybridized carbons (Fsp3) is 0.206. The Bertz CT molecular complexity index is 3600. The highest BCUT2D eigenvalue weighted by Gasteiger charge is 2.21. The number of aromatic nitrogens is 1. The molecular weight excluding hydrogens is 955 g/mol. The minimum Gasteiger partial charge on any atom is -0.340 e. The zero-order chi connectivity index (χ0) is 51.3. The lowest BCUT2D eigenvalue weighted by Crippen LogP contribution is -2.10. The summed E-state index contributed by atoms with van der Waals surface area (Å²) in [6, 6.07) is 65.0. The maximum atomic E-state index is 12.4. The van der Waals surface area contributed by atoms with E-state index in [1.165, 1.54) is 122 Å². The standard InChI is InChI=1S/C68H63N3O2S2/c1-4-5-6-7-8-9-10-11-12-17-36-69-63-41-51(49-30-34-65-55(39-49)43-67(74-65)70(57-24-18-20-47(2)37-57)61-26-15-13-22-53(61)45-72)28-32-59(63)60-33-29-52(42-64(60)69)50-31-35-66-56(40-50)44-68(75-66)71(58-25-19-21-48(3)38-58)62-27-16-14-23-54(62)46-73/h13-16,18-35,37-46H,4-12,17,36H2,1-3H3. The van der Waals surface area contributed by atoms with Crippen LogP contribution >= 0.6 is 22.7 Å². The van der Waals surface area contributed by atoms with Gasteiger partial charge in [0, 0.05) is 60.3 Å². The van der Waals surface area contributed by atoms with Gasteiger partial charge >= 0.3 is 0 Å². The number of anilines is 6. The molecule has 0 spiro atoms. The van der Waals surface area contributed by atoms with E-state index in [2.05, 4.69) is 169 Å². The third kappa shape index (κ3) is 10.4. The van der Waals surface area contributed by atoms with Gasteiger partial charge in [0.2, 0.25) is 0 Å². The molecule has 0 aliphatic heterocycles. The Morgan fingerprint density at radius 3 is 1.31 bits per heavy atom. The summed E-state index contributed by atoms with van der Waals surface area (Å²) < 4.78 is 4.99. The molecule has 0 fully saturated rings. The Hall–Kier alpha value is -7.58. The lowest BCUT2D eigenvalue weighted by molar-refractivity contribution is 0.111. The third-order valence-electron chi connectivity index (χ3n) is 14.8. The van der Waals surface area contributed by atoms with Gasteiger partial charge in [0.05, 0.1) is 11.4 Å². The van der Waals surface area contributed by atoms with E-state index < -0.39 is 0 Å². The number of unbranched alkanes of at least 4 members (excludes halogenated alkanes) is 9. The van der Waals surface area contributed by atoms with Crippen molar-refractivity contribution in [1.29, 1.82) is 0 Å². The Morgan fingerprint density at radius 1 is 0.427 bits per heavy atom. The first-order chi connectivity index (χ1) is 36.9. The van der Waals surface area contributed by atoms with Crippen LogP contribution in [0.3, 0.4) is 0 Å². The molecule has 75 heavy (non-hydrogen) atoms. The second-order valence-electron chi connectivity index (χ2n) is 20.2. The Labute approximate surface area is 449 Å². The van der Waals surface area contributed by atoms with E-state index in [-0.39, 0.29) is 0 Å². The third-order valence-corrected chi connectivity index (χ3v) is 17.0. The minimum atomic E-state index is 0.656. The van der Waals surface area contributed by atoms with Crippen molar-refractivity contribution < 1.29 is 9.59 Å². The first-order valence-corrected chi connectivity index (χ1v) is 28.5. The number of hydrogen-bond acceptors (Lipinski definition) is 6. The fourth-order valence-electron chi connectivity index (χ4n) is 11.0. The highest BCUT2D eigenvalue weighted by Crippen LogP contribution is 2.46. The zero-order valence-corrected chi connectivity index (χ0v) is 44.9. The molecule has 0 radical (unpaired) electrons. The van der Waals surface area contributed by atoms with Crippen molar-refractivity contribution in [2.75, 3.05) is 9.80 Å². The molecule has 0 aliphatic rings. The van der Waals surface area contributed by atoms with Crippen LogP contribution in [0.4, 0.5) is 32.8 Å². The Kier molecular flexibility index (Phi) is 14.9. The van der Waals surface area contributed by atoms with Crippen LogP contribution in [0.15, 0.2) is 182 Å². The largest absolute Gasteiger partial charge is 0.340 e. The van der Waals surface area contributed by atoms with Gasteiger partial charge in [-0.2, -0.15) is 0 Å². The van der Waals surface area contributed by atoms with Crippen molar-refractivity contribution in [3.05, 3.63) is 204 Å². The van der Waals surface area contributed by atoms with Gasteiger partial charge in [-0.1, -0.05) is 150 Å². The molecule has 0 saturated carbocycles. The summed E-state index contributed by atoms with van der Waals surface area (Å²) in [6.07, 6.45) is 14.9. The summed E-state index contributed by atoms with van der Waals surface area (Å²) >= 11 is 3.49. The van der Waals surface area contributed by atoms with Crippen LogP contribution in [0.2, 0.25) is 0 Å². The number of carbonyl (C=O) groups is 2. The highest BCUT2D eigenvalue weighted by molar-refractivity contribution is 7.23. The van der Waals surface area contributed by atoms with Gasteiger partial charge in [-0.25, -0.2) is 0 Å².